The number of methoxy groups -OCH3 is 2. The lowest BCUT2D eigenvalue weighted by Gasteiger charge is -2.33. The molecule has 4 rings (SSSR count). The van der Waals surface area contributed by atoms with Gasteiger partial charge in [0.15, 0.2) is 11.5 Å². The first kappa shape index (κ1) is 11.4. The smallest absolute Gasteiger partial charge is 0.161 e. The van der Waals surface area contributed by atoms with Crippen LogP contribution in [0.5, 0.6) is 11.5 Å². The van der Waals surface area contributed by atoms with Crippen molar-refractivity contribution in [1.29, 1.82) is 0 Å². The average molecular weight is 257 g/mol. The summed E-state index contributed by atoms with van der Waals surface area (Å²) < 4.78 is 10.8. The van der Waals surface area contributed by atoms with E-state index in [2.05, 4.69) is 23.5 Å². The van der Waals surface area contributed by atoms with Crippen LogP contribution in [0.3, 0.4) is 0 Å². The second kappa shape index (κ2) is 3.54. The summed E-state index contributed by atoms with van der Waals surface area (Å²) in [7, 11) is 3.39. The molecule has 1 aromatic rings. The van der Waals surface area contributed by atoms with Gasteiger partial charge in [-0.2, -0.15) is 0 Å². The van der Waals surface area contributed by atoms with E-state index in [1.54, 1.807) is 19.8 Å². The fraction of sp³-hybridized carbons (Fsp3) is 0.500. The van der Waals surface area contributed by atoms with Gasteiger partial charge in [-0.1, -0.05) is 12.1 Å². The SMILES string of the molecule is COc1ccc([C@]23CCN[C@]24C=C4CC3)cc1OC. The number of hydrogen-bond acceptors (Lipinski definition) is 3. The van der Waals surface area contributed by atoms with Crippen LogP contribution in [0.25, 0.3) is 0 Å². The van der Waals surface area contributed by atoms with Crippen molar-refractivity contribution >= 4 is 0 Å². The third kappa shape index (κ3) is 1.22. The van der Waals surface area contributed by atoms with Crippen molar-refractivity contribution in [1.82, 2.24) is 5.32 Å². The predicted molar refractivity (Wildman–Crippen MR) is 73.9 cm³/mol. The molecule has 1 saturated carbocycles. The monoisotopic (exact) mass is 257 g/mol. The number of nitrogens with one attached hydrogen (secondary N) is 1. The molecular formula is C16H19NO2. The van der Waals surface area contributed by atoms with Crippen LogP contribution < -0.4 is 14.8 Å². The first-order chi connectivity index (χ1) is 9.26. The third-order valence-electron chi connectivity index (χ3n) is 5.28. The zero-order chi connectivity index (χ0) is 13.1. The van der Waals surface area contributed by atoms with Gasteiger partial charge in [0.1, 0.15) is 0 Å². The van der Waals surface area contributed by atoms with Crippen LogP contribution in [0.4, 0.5) is 0 Å². The Hall–Kier alpha value is -1.48. The normalized spacial score (nSPS) is 34.5. The summed E-state index contributed by atoms with van der Waals surface area (Å²) in [6.45, 7) is 1.11. The summed E-state index contributed by atoms with van der Waals surface area (Å²) in [5.74, 6) is 1.65. The molecule has 1 saturated heterocycles. The molecule has 2 aliphatic carbocycles. The number of rotatable bonds is 3. The fourth-order valence-corrected chi connectivity index (χ4v) is 4.26. The maximum absolute atomic E-state index is 5.47. The van der Waals surface area contributed by atoms with E-state index in [1.165, 1.54) is 24.8 Å². The Morgan fingerprint density at radius 2 is 1.95 bits per heavy atom. The lowest BCUT2D eigenvalue weighted by molar-refractivity contribution is 0.349. The summed E-state index contributed by atoms with van der Waals surface area (Å²) in [4.78, 5) is 0. The van der Waals surface area contributed by atoms with Gasteiger partial charge in [-0.05, 0) is 49.1 Å². The summed E-state index contributed by atoms with van der Waals surface area (Å²) in [5, 5.41) is 3.71. The lowest BCUT2D eigenvalue weighted by Crippen LogP contribution is -2.41. The second-order valence-corrected chi connectivity index (χ2v) is 5.81. The Bertz CT molecular complexity index is 580. The van der Waals surface area contributed by atoms with Crippen LogP contribution in [-0.2, 0) is 5.41 Å². The van der Waals surface area contributed by atoms with Gasteiger partial charge in [0, 0.05) is 5.41 Å². The number of benzene rings is 1. The minimum absolute atomic E-state index is 0.201. The van der Waals surface area contributed by atoms with E-state index in [0.717, 1.165) is 18.0 Å². The Balaban J connectivity index is 1.81. The molecule has 3 nitrogen and oxygen atoms in total. The van der Waals surface area contributed by atoms with E-state index in [-0.39, 0.29) is 11.0 Å². The minimum atomic E-state index is 0.201. The topological polar surface area (TPSA) is 30.5 Å². The molecule has 1 aliphatic heterocycles. The quantitative estimate of drug-likeness (QED) is 0.844. The van der Waals surface area contributed by atoms with Gasteiger partial charge in [0.2, 0.25) is 0 Å². The highest BCUT2D eigenvalue weighted by Crippen LogP contribution is 2.64. The maximum atomic E-state index is 5.47. The second-order valence-electron chi connectivity index (χ2n) is 5.81. The van der Waals surface area contributed by atoms with Crippen molar-refractivity contribution in [3.8, 4) is 11.5 Å². The van der Waals surface area contributed by atoms with E-state index in [1.807, 2.05) is 6.07 Å². The molecule has 0 radical (unpaired) electrons. The zero-order valence-electron chi connectivity index (χ0n) is 11.5. The highest BCUT2D eigenvalue weighted by molar-refractivity contribution is 5.62. The van der Waals surface area contributed by atoms with Crippen LogP contribution in [0, 0.1) is 0 Å². The van der Waals surface area contributed by atoms with Gasteiger partial charge >= 0.3 is 0 Å². The minimum Gasteiger partial charge on any atom is -0.493 e. The Kier molecular flexibility index (Phi) is 2.12. The van der Waals surface area contributed by atoms with Crippen molar-refractivity contribution < 1.29 is 9.47 Å². The first-order valence-electron chi connectivity index (χ1n) is 6.95. The molecule has 1 spiro atoms. The molecule has 100 valence electrons. The van der Waals surface area contributed by atoms with E-state index in [9.17, 15) is 0 Å². The molecule has 3 aliphatic rings. The van der Waals surface area contributed by atoms with E-state index >= 15 is 0 Å². The molecule has 19 heavy (non-hydrogen) atoms. The Labute approximate surface area is 113 Å². The van der Waals surface area contributed by atoms with Crippen LogP contribution in [0.2, 0.25) is 0 Å². The molecule has 2 atom stereocenters. The third-order valence-corrected chi connectivity index (χ3v) is 5.28. The van der Waals surface area contributed by atoms with Crippen molar-refractivity contribution in [2.24, 2.45) is 0 Å². The standard InChI is InChI=1S/C16H19NO2/c1-18-13-4-3-11(9-14(13)19-2)15-6-5-12-10-16(12,15)17-8-7-15/h3-4,9-10,17H,5-8H2,1-2H3/t15-,16-/m0/s1. The van der Waals surface area contributed by atoms with Crippen LogP contribution in [0.15, 0.2) is 29.8 Å². The van der Waals surface area contributed by atoms with Gasteiger partial charge < -0.3 is 14.8 Å². The van der Waals surface area contributed by atoms with Gasteiger partial charge in [0.25, 0.3) is 0 Å². The highest BCUT2D eigenvalue weighted by Gasteiger charge is 2.66. The average Bonchev–Trinajstić information content (AvgIpc) is 2.89. The molecule has 1 N–H and O–H groups in total. The van der Waals surface area contributed by atoms with Gasteiger partial charge in [-0.3, -0.25) is 0 Å². The summed E-state index contributed by atoms with van der Waals surface area (Å²) in [6.07, 6.45) is 6.13. The van der Waals surface area contributed by atoms with Crippen LogP contribution >= 0.6 is 0 Å². The highest BCUT2D eigenvalue weighted by atomic mass is 16.5. The van der Waals surface area contributed by atoms with Crippen molar-refractivity contribution in [2.45, 2.75) is 30.2 Å². The Morgan fingerprint density at radius 3 is 2.68 bits per heavy atom. The summed E-state index contributed by atoms with van der Waals surface area (Å²) >= 11 is 0. The van der Waals surface area contributed by atoms with E-state index < -0.39 is 0 Å². The zero-order valence-corrected chi connectivity index (χ0v) is 11.5. The van der Waals surface area contributed by atoms with Crippen molar-refractivity contribution in [3.05, 3.63) is 35.4 Å². The molecule has 0 unspecified atom stereocenters. The molecule has 1 heterocycles. The van der Waals surface area contributed by atoms with E-state index in [0.29, 0.717) is 0 Å². The molecular weight excluding hydrogens is 238 g/mol. The van der Waals surface area contributed by atoms with Crippen molar-refractivity contribution in [3.63, 3.8) is 0 Å². The molecule has 0 aromatic heterocycles. The van der Waals surface area contributed by atoms with Crippen molar-refractivity contribution in [2.75, 3.05) is 20.8 Å². The summed E-state index contributed by atoms with van der Waals surface area (Å²) in [6, 6.07) is 6.42. The maximum Gasteiger partial charge on any atom is 0.161 e. The van der Waals surface area contributed by atoms with Gasteiger partial charge in [-0.15, -0.1) is 0 Å². The van der Waals surface area contributed by atoms with Crippen LogP contribution in [-0.4, -0.2) is 26.3 Å². The predicted octanol–water partition coefficient (Wildman–Crippen LogP) is 2.41. The number of hydrogen-bond donors (Lipinski definition) is 1. The van der Waals surface area contributed by atoms with Gasteiger partial charge in [-0.25, -0.2) is 0 Å². The van der Waals surface area contributed by atoms with Gasteiger partial charge in [0.05, 0.1) is 19.8 Å². The summed E-state index contributed by atoms with van der Waals surface area (Å²) in [5.41, 5.74) is 3.45. The lowest BCUT2D eigenvalue weighted by atomic mass is 9.72. The van der Waals surface area contributed by atoms with E-state index in [4.69, 9.17) is 9.47 Å². The number of ether oxygens (including phenoxy) is 2. The molecule has 1 aromatic carbocycles. The first-order valence-corrected chi connectivity index (χ1v) is 6.95. The largest absolute Gasteiger partial charge is 0.493 e. The fourth-order valence-electron chi connectivity index (χ4n) is 4.26. The molecule has 0 amide bonds. The molecule has 2 fully saturated rings. The van der Waals surface area contributed by atoms with Crippen LogP contribution in [0.1, 0.15) is 24.8 Å². The molecule has 0 bridgehead atoms. The Morgan fingerprint density at radius 1 is 1.11 bits per heavy atom. The molecule has 3 heteroatoms.